The molecule has 11 heteroatoms. The highest BCUT2D eigenvalue weighted by atomic mass is 32.2. The van der Waals surface area contributed by atoms with E-state index < -0.39 is 51.3 Å². The average Bonchev–Trinajstić information content (AvgIpc) is 3.71. The van der Waals surface area contributed by atoms with E-state index in [-0.39, 0.29) is 4.90 Å². The van der Waals surface area contributed by atoms with E-state index in [1.165, 1.54) is 34.2 Å². The number of aliphatic imine (C=N–C) groups is 1. The number of hydrogen-bond acceptors (Lipinski definition) is 7. The molecule has 0 saturated carbocycles. The molecule has 0 aliphatic carbocycles. The van der Waals surface area contributed by atoms with E-state index in [9.17, 15) is 22.8 Å². The minimum Gasteiger partial charge on any atom is -0.311 e. The van der Waals surface area contributed by atoms with Gasteiger partial charge in [-0.1, -0.05) is 84.9 Å². The number of carbonyl (C=O) groups excluding carboxylic acids is 3. The predicted octanol–water partition coefficient (Wildman–Crippen LogP) is 3.96. The molecule has 47 heavy (non-hydrogen) atoms. The number of nitrogens with one attached hydrogen (secondary N) is 1. The summed E-state index contributed by atoms with van der Waals surface area (Å²) >= 11 is 0. The van der Waals surface area contributed by atoms with Gasteiger partial charge in [-0.15, -0.1) is 0 Å². The van der Waals surface area contributed by atoms with Crippen molar-refractivity contribution in [3.8, 4) is 0 Å². The van der Waals surface area contributed by atoms with Crippen molar-refractivity contribution >= 4 is 50.0 Å². The highest BCUT2D eigenvalue weighted by Crippen LogP contribution is 2.52. The van der Waals surface area contributed by atoms with Gasteiger partial charge in [0.1, 0.15) is 0 Å². The summed E-state index contributed by atoms with van der Waals surface area (Å²) in [6, 6.07) is 31.0. The van der Waals surface area contributed by atoms with Crippen molar-refractivity contribution in [3.63, 3.8) is 0 Å². The molecule has 234 valence electrons. The molecular weight excluding hydrogens is 614 g/mol. The third-order valence-corrected chi connectivity index (χ3v) is 11.3. The van der Waals surface area contributed by atoms with E-state index in [1.807, 2.05) is 54.6 Å². The normalized spacial score (nSPS) is 24.1. The van der Waals surface area contributed by atoms with Crippen molar-refractivity contribution in [2.24, 2.45) is 16.8 Å². The Hall–Kier alpha value is -5.39. The van der Waals surface area contributed by atoms with Gasteiger partial charge in [-0.05, 0) is 29.8 Å². The minimum absolute atomic E-state index is 0.100. The SMILES string of the molecule is CN1C(=O)C2C(c3cn(S(=O)(=O)c4ccccc4)c4ccccc34)NC3(N=C(c4ccccc4)c4ccccc4N(C)C3=O)C2C1=O. The first-order chi connectivity index (χ1) is 22.6. The summed E-state index contributed by atoms with van der Waals surface area (Å²) in [6.07, 6.45) is 1.50. The van der Waals surface area contributed by atoms with Gasteiger partial charge < -0.3 is 4.90 Å². The van der Waals surface area contributed by atoms with Gasteiger partial charge in [0.05, 0.1) is 33.6 Å². The second kappa shape index (κ2) is 10.3. The van der Waals surface area contributed by atoms with Crippen molar-refractivity contribution < 1.29 is 22.8 Å². The number of nitrogens with zero attached hydrogens (tertiary/aromatic N) is 4. The van der Waals surface area contributed by atoms with E-state index in [4.69, 9.17) is 4.99 Å². The molecule has 3 amide bonds. The van der Waals surface area contributed by atoms with Gasteiger partial charge in [0.25, 0.3) is 15.9 Å². The smallest absolute Gasteiger partial charge is 0.270 e. The number of likely N-dealkylation sites (N-methyl/N-ethyl adjacent to an activating group) is 1. The van der Waals surface area contributed by atoms with Crippen LogP contribution in [0.2, 0.25) is 0 Å². The zero-order valence-electron chi connectivity index (χ0n) is 25.4. The number of para-hydroxylation sites is 2. The number of fused-ring (bicyclic) bond motifs is 4. The second-order valence-electron chi connectivity index (χ2n) is 12.1. The Morgan fingerprint density at radius 3 is 2.13 bits per heavy atom. The fourth-order valence-corrected chi connectivity index (χ4v) is 8.75. The predicted molar refractivity (Wildman–Crippen MR) is 176 cm³/mol. The van der Waals surface area contributed by atoms with Crippen LogP contribution in [0.3, 0.4) is 0 Å². The highest BCUT2D eigenvalue weighted by Gasteiger charge is 2.69. The van der Waals surface area contributed by atoms with Gasteiger partial charge in [0.2, 0.25) is 17.5 Å². The molecule has 0 bridgehead atoms. The Bertz CT molecular complexity index is 2270. The van der Waals surface area contributed by atoms with Crippen LogP contribution in [0.1, 0.15) is 22.7 Å². The molecule has 1 aromatic heterocycles. The highest BCUT2D eigenvalue weighted by molar-refractivity contribution is 7.90. The maximum Gasteiger partial charge on any atom is 0.270 e. The quantitative estimate of drug-likeness (QED) is 0.296. The zero-order valence-corrected chi connectivity index (χ0v) is 26.3. The largest absolute Gasteiger partial charge is 0.311 e. The van der Waals surface area contributed by atoms with E-state index in [2.05, 4.69) is 5.32 Å². The molecule has 4 heterocycles. The first-order valence-corrected chi connectivity index (χ1v) is 16.6. The number of imide groups is 1. The second-order valence-corrected chi connectivity index (χ2v) is 13.9. The number of carbonyl (C=O) groups is 3. The molecule has 4 aromatic carbocycles. The Morgan fingerprint density at radius 1 is 0.745 bits per heavy atom. The van der Waals surface area contributed by atoms with Crippen LogP contribution in [-0.4, -0.2) is 60.5 Å². The topological polar surface area (TPSA) is 121 Å². The van der Waals surface area contributed by atoms with Crippen molar-refractivity contribution in [2.45, 2.75) is 16.6 Å². The summed E-state index contributed by atoms with van der Waals surface area (Å²) in [7, 11) is -0.994. The average molecular weight is 644 g/mol. The third-order valence-electron chi connectivity index (χ3n) is 9.59. The van der Waals surface area contributed by atoms with Gasteiger partial charge in [0, 0.05) is 42.8 Å². The zero-order chi connectivity index (χ0) is 32.7. The van der Waals surface area contributed by atoms with Crippen LogP contribution in [0, 0.1) is 11.8 Å². The Kier molecular flexibility index (Phi) is 6.37. The molecular formula is C36H29N5O5S. The molecule has 0 radical (unpaired) electrons. The van der Waals surface area contributed by atoms with E-state index in [0.29, 0.717) is 33.4 Å². The minimum atomic E-state index is -4.05. The number of aromatic nitrogens is 1. The number of benzene rings is 4. The summed E-state index contributed by atoms with van der Waals surface area (Å²) in [5.74, 6) is -3.72. The fraction of sp³-hybridized carbons (Fsp3) is 0.167. The molecule has 3 aliphatic rings. The molecule has 4 atom stereocenters. The van der Waals surface area contributed by atoms with E-state index in [1.54, 1.807) is 49.5 Å². The molecule has 2 fully saturated rings. The molecule has 4 unspecified atom stereocenters. The fourth-order valence-electron chi connectivity index (χ4n) is 7.35. The van der Waals surface area contributed by atoms with Crippen LogP contribution in [0.4, 0.5) is 5.69 Å². The van der Waals surface area contributed by atoms with Gasteiger partial charge in [0.15, 0.2) is 0 Å². The lowest BCUT2D eigenvalue weighted by molar-refractivity contribution is -0.141. The lowest BCUT2D eigenvalue weighted by atomic mass is 9.83. The van der Waals surface area contributed by atoms with Crippen molar-refractivity contribution in [1.82, 2.24) is 14.2 Å². The Labute approximate surface area is 271 Å². The number of rotatable bonds is 4. The van der Waals surface area contributed by atoms with Crippen LogP contribution >= 0.6 is 0 Å². The first-order valence-electron chi connectivity index (χ1n) is 15.2. The summed E-state index contributed by atoms with van der Waals surface area (Å²) < 4.78 is 29.1. The Balaban J connectivity index is 1.38. The van der Waals surface area contributed by atoms with Crippen LogP contribution in [0.5, 0.6) is 0 Å². The molecule has 2 saturated heterocycles. The Morgan fingerprint density at radius 2 is 1.38 bits per heavy atom. The van der Waals surface area contributed by atoms with Crippen molar-refractivity contribution in [2.75, 3.05) is 19.0 Å². The number of likely N-dealkylation sites (tertiary alicyclic amines) is 1. The van der Waals surface area contributed by atoms with Crippen LogP contribution < -0.4 is 10.2 Å². The summed E-state index contributed by atoms with van der Waals surface area (Å²) in [5, 5.41) is 3.97. The van der Waals surface area contributed by atoms with E-state index >= 15 is 0 Å². The maximum atomic E-state index is 14.8. The van der Waals surface area contributed by atoms with Gasteiger partial charge in [-0.2, -0.15) is 0 Å². The molecule has 10 nitrogen and oxygen atoms in total. The summed E-state index contributed by atoms with van der Waals surface area (Å²) in [5.41, 5.74) is 1.53. The first kappa shape index (κ1) is 29.0. The number of anilines is 1. The third kappa shape index (κ3) is 4.03. The van der Waals surface area contributed by atoms with Gasteiger partial charge in [-0.25, -0.2) is 12.4 Å². The van der Waals surface area contributed by atoms with E-state index in [0.717, 1.165) is 10.5 Å². The molecule has 1 spiro atoms. The molecule has 5 aromatic rings. The van der Waals surface area contributed by atoms with Crippen molar-refractivity contribution in [1.29, 1.82) is 0 Å². The number of hydrogen-bond donors (Lipinski definition) is 1. The molecule has 1 N–H and O–H groups in total. The van der Waals surface area contributed by atoms with Crippen LogP contribution in [0.25, 0.3) is 10.9 Å². The summed E-state index contributed by atoms with van der Waals surface area (Å²) in [4.78, 5) is 50.6. The summed E-state index contributed by atoms with van der Waals surface area (Å²) in [6.45, 7) is 0. The monoisotopic (exact) mass is 643 g/mol. The van der Waals surface area contributed by atoms with Crippen LogP contribution in [-0.2, 0) is 24.4 Å². The maximum absolute atomic E-state index is 14.8. The standard InChI is InChI=1S/C36H29N5O5S/c1-39-27-19-11-10-18-25(27)31(22-13-5-3-6-14-22)37-36(35(39)44)30-29(33(42)40(2)34(30)43)32(38-36)26-21-41(28-20-12-9-17-24(26)28)47(45,46)23-15-7-4-8-16-23/h3-21,29-30,32,38H,1-2H3. The van der Waals surface area contributed by atoms with Gasteiger partial charge >= 0.3 is 0 Å². The van der Waals surface area contributed by atoms with Crippen LogP contribution in [0.15, 0.2) is 125 Å². The lowest BCUT2D eigenvalue weighted by Crippen LogP contribution is -2.58. The molecule has 8 rings (SSSR count). The molecule has 3 aliphatic heterocycles. The van der Waals surface area contributed by atoms with Crippen molar-refractivity contribution in [3.05, 3.63) is 132 Å². The lowest BCUT2D eigenvalue weighted by Gasteiger charge is -2.32. The van der Waals surface area contributed by atoms with Gasteiger partial charge in [-0.3, -0.25) is 29.6 Å². The number of amides is 3.